The molecule has 0 aliphatic carbocycles. The Kier molecular flexibility index (Phi) is 7.94. The van der Waals surface area contributed by atoms with E-state index >= 15 is 0 Å². The Morgan fingerprint density at radius 2 is 1.71 bits per heavy atom. The molecule has 1 aliphatic heterocycles. The lowest BCUT2D eigenvalue weighted by atomic mass is 10.1. The molecule has 94 valence electrons. The van der Waals surface area contributed by atoms with Gasteiger partial charge in [0.05, 0.1) is 11.6 Å². The highest BCUT2D eigenvalue weighted by atomic mass is 35.5. The molecule has 1 aliphatic rings. The average molecular weight is 274 g/mol. The maximum Gasteiger partial charge on any atom is 0.0991 e. The smallest absolute Gasteiger partial charge is 0.0991 e. The summed E-state index contributed by atoms with van der Waals surface area (Å²) in [5.41, 5.74) is 2.02. The predicted octanol–water partition coefficient (Wildman–Crippen LogP) is 1.81. The Balaban J connectivity index is 0.00000128. The van der Waals surface area contributed by atoms with Gasteiger partial charge in [0, 0.05) is 32.7 Å². The van der Waals surface area contributed by atoms with Crippen molar-refractivity contribution >= 4 is 24.8 Å². The minimum Gasteiger partial charge on any atom is -0.314 e. The highest BCUT2D eigenvalue weighted by Gasteiger charge is 2.09. The van der Waals surface area contributed by atoms with Gasteiger partial charge in [0.15, 0.2) is 0 Å². The third-order valence-electron chi connectivity index (χ3n) is 2.70. The van der Waals surface area contributed by atoms with E-state index in [1.807, 2.05) is 24.3 Å². The maximum atomic E-state index is 8.68. The van der Waals surface area contributed by atoms with E-state index in [9.17, 15) is 0 Å². The van der Waals surface area contributed by atoms with Crippen LogP contribution in [0, 0.1) is 11.3 Å². The molecule has 1 N–H and O–H groups in total. The number of hydrogen-bond acceptors (Lipinski definition) is 3. The molecule has 0 aromatic heterocycles. The summed E-state index contributed by atoms with van der Waals surface area (Å²) in [6.45, 7) is 5.37. The summed E-state index contributed by atoms with van der Waals surface area (Å²) in [5.74, 6) is 0. The van der Waals surface area contributed by atoms with Gasteiger partial charge in [0.25, 0.3) is 0 Å². The molecule has 1 aromatic carbocycles. The average Bonchev–Trinajstić information content (AvgIpc) is 2.31. The van der Waals surface area contributed by atoms with Crippen molar-refractivity contribution in [1.29, 1.82) is 5.26 Å². The minimum absolute atomic E-state index is 0. The predicted molar refractivity (Wildman–Crippen MR) is 73.8 cm³/mol. The van der Waals surface area contributed by atoms with Crippen LogP contribution in [0.4, 0.5) is 0 Å². The second kappa shape index (κ2) is 8.32. The fourth-order valence-electron chi connectivity index (χ4n) is 1.81. The van der Waals surface area contributed by atoms with Crippen molar-refractivity contribution in [2.24, 2.45) is 0 Å². The van der Waals surface area contributed by atoms with Gasteiger partial charge in [0.2, 0.25) is 0 Å². The number of nitrogens with one attached hydrogen (secondary N) is 1. The van der Waals surface area contributed by atoms with Gasteiger partial charge in [-0.15, -0.1) is 24.8 Å². The number of benzene rings is 1. The topological polar surface area (TPSA) is 39.1 Å². The van der Waals surface area contributed by atoms with Crippen LogP contribution in [0.3, 0.4) is 0 Å². The summed E-state index contributed by atoms with van der Waals surface area (Å²) >= 11 is 0. The number of piperazine rings is 1. The van der Waals surface area contributed by atoms with Crippen LogP contribution in [-0.4, -0.2) is 31.1 Å². The Morgan fingerprint density at radius 3 is 2.24 bits per heavy atom. The first kappa shape index (κ1) is 16.2. The molecule has 5 heteroatoms. The van der Waals surface area contributed by atoms with Crippen molar-refractivity contribution in [1.82, 2.24) is 10.2 Å². The van der Waals surface area contributed by atoms with E-state index < -0.39 is 0 Å². The standard InChI is InChI=1S/C12H15N3.2ClH/c13-9-11-1-3-12(4-2-11)10-15-7-5-14-6-8-15;;/h1-4,14H,5-8,10H2;2*1H. The van der Waals surface area contributed by atoms with Crippen molar-refractivity contribution in [2.45, 2.75) is 6.54 Å². The summed E-state index contributed by atoms with van der Waals surface area (Å²) in [6.07, 6.45) is 0. The minimum atomic E-state index is 0. The molecular formula is C12H17Cl2N3. The highest BCUT2D eigenvalue weighted by molar-refractivity contribution is 5.85. The molecule has 17 heavy (non-hydrogen) atoms. The molecule has 2 rings (SSSR count). The van der Waals surface area contributed by atoms with E-state index in [4.69, 9.17) is 5.26 Å². The third-order valence-corrected chi connectivity index (χ3v) is 2.70. The fourth-order valence-corrected chi connectivity index (χ4v) is 1.81. The van der Waals surface area contributed by atoms with Gasteiger partial charge in [-0.25, -0.2) is 0 Å². The Morgan fingerprint density at radius 1 is 1.12 bits per heavy atom. The highest BCUT2D eigenvalue weighted by Crippen LogP contribution is 2.07. The molecular weight excluding hydrogens is 257 g/mol. The van der Waals surface area contributed by atoms with E-state index in [-0.39, 0.29) is 24.8 Å². The zero-order valence-electron chi connectivity index (χ0n) is 9.56. The zero-order chi connectivity index (χ0) is 10.5. The van der Waals surface area contributed by atoms with E-state index in [1.165, 1.54) is 5.56 Å². The Bertz CT molecular complexity index is 353. The number of hydrogen-bond donors (Lipinski definition) is 1. The lowest BCUT2D eigenvalue weighted by molar-refractivity contribution is 0.233. The quantitative estimate of drug-likeness (QED) is 0.894. The van der Waals surface area contributed by atoms with Gasteiger partial charge in [-0.2, -0.15) is 5.26 Å². The SMILES string of the molecule is Cl.Cl.N#Cc1ccc(CN2CCNCC2)cc1. The molecule has 3 nitrogen and oxygen atoms in total. The van der Waals surface area contributed by atoms with Crippen LogP contribution in [0.1, 0.15) is 11.1 Å². The third kappa shape index (κ3) is 4.93. The molecule has 0 atom stereocenters. The van der Waals surface area contributed by atoms with E-state index in [0.29, 0.717) is 0 Å². The van der Waals surface area contributed by atoms with Crippen molar-refractivity contribution in [3.05, 3.63) is 35.4 Å². The molecule has 1 heterocycles. The largest absolute Gasteiger partial charge is 0.314 e. The van der Waals surface area contributed by atoms with Crippen molar-refractivity contribution in [3.8, 4) is 6.07 Å². The summed E-state index contributed by atoms with van der Waals surface area (Å²) in [6, 6.07) is 9.99. The Hall–Kier alpha value is -0.790. The van der Waals surface area contributed by atoms with E-state index in [1.54, 1.807) is 0 Å². The van der Waals surface area contributed by atoms with Gasteiger partial charge < -0.3 is 5.32 Å². The lowest BCUT2D eigenvalue weighted by Gasteiger charge is -2.27. The Labute approximate surface area is 115 Å². The lowest BCUT2D eigenvalue weighted by Crippen LogP contribution is -2.42. The fraction of sp³-hybridized carbons (Fsp3) is 0.417. The second-order valence-corrected chi connectivity index (χ2v) is 3.83. The van der Waals surface area contributed by atoms with Crippen LogP contribution in [-0.2, 0) is 6.54 Å². The molecule has 1 aromatic rings. The van der Waals surface area contributed by atoms with Crippen molar-refractivity contribution < 1.29 is 0 Å². The summed E-state index contributed by atoms with van der Waals surface area (Å²) in [7, 11) is 0. The van der Waals surface area contributed by atoms with E-state index in [2.05, 4.69) is 16.3 Å². The first-order valence-corrected chi connectivity index (χ1v) is 5.30. The molecule has 0 unspecified atom stereocenters. The molecule has 0 saturated carbocycles. The normalized spacial score (nSPS) is 15.2. The van der Waals surface area contributed by atoms with Gasteiger partial charge >= 0.3 is 0 Å². The van der Waals surface area contributed by atoms with Crippen LogP contribution >= 0.6 is 24.8 Å². The number of nitrogens with zero attached hydrogens (tertiary/aromatic N) is 2. The molecule has 0 spiro atoms. The number of halogens is 2. The van der Waals surface area contributed by atoms with Gasteiger partial charge in [0.1, 0.15) is 0 Å². The molecule has 0 radical (unpaired) electrons. The van der Waals surface area contributed by atoms with Gasteiger partial charge in [-0.1, -0.05) is 12.1 Å². The van der Waals surface area contributed by atoms with Crippen molar-refractivity contribution in [3.63, 3.8) is 0 Å². The van der Waals surface area contributed by atoms with Gasteiger partial charge in [-0.05, 0) is 17.7 Å². The first-order chi connectivity index (χ1) is 7.38. The summed E-state index contributed by atoms with van der Waals surface area (Å²) in [5, 5.41) is 12.0. The zero-order valence-corrected chi connectivity index (χ0v) is 11.2. The number of rotatable bonds is 2. The molecule has 0 amide bonds. The molecule has 0 bridgehead atoms. The monoisotopic (exact) mass is 273 g/mol. The maximum absolute atomic E-state index is 8.68. The molecule has 1 saturated heterocycles. The van der Waals surface area contributed by atoms with Crippen LogP contribution < -0.4 is 5.32 Å². The second-order valence-electron chi connectivity index (χ2n) is 3.83. The van der Waals surface area contributed by atoms with Crippen LogP contribution in [0.5, 0.6) is 0 Å². The first-order valence-electron chi connectivity index (χ1n) is 5.30. The van der Waals surface area contributed by atoms with Crippen LogP contribution in [0.2, 0.25) is 0 Å². The van der Waals surface area contributed by atoms with Gasteiger partial charge in [-0.3, -0.25) is 4.90 Å². The van der Waals surface area contributed by atoms with E-state index in [0.717, 1.165) is 38.3 Å². The summed E-state index contributed by atoms with van der Waals surface area (Å²) < 4.78 is 0. The molecule has 1 fully saturated rings. The summed E-state index contributed by atoms with van der Waals surface area (Å²) in [4.78, 5) is 2.43. The number of nitriles is 1. The van der Waals surface area contributed by atoms with Crippen LogP contribution in [0.25, 0.3) is 0 Å². The van der Waals surface area contributed by atoms with Crippen LogP contribution in [0.15, 0.2) is 24.3 Å². The van der Waals surface area contributed by atoms with Crippen molar-refractivity contribution in [2.75, 3.05) is 26.2 Å².